The first-order chi connectivity index (χ1) is 16.6. The van der Waals surface area contributed by atoms with Crippen LogP contribution in [0, 0.1) is 0 Å². The molecule has 1 N–H and O–H groups in total. The Kier molecular flexibility index (Phi) is 6.80. The van der Waals surface area contributed by atoms with Crippen LogP contribution in [-0.4, -0.2) is 45.6 Å². The van der Waals surface area contributed by atoms with Gasteiger partial charge in [-0.05, 0) is 44.0 Å². The molecule has 34 heavy (non-hydrogen) atoms. The zero-order valence-electron chi connectivity index (χ0n) is 18.5. The smallest absolute Gasteiger partial charge is 0.277 e. The molecular weight excluding hydrogens is 472 g/mol. The Labute approximate surface area is 206 Å². The summed E-state index contributed by atoms with van der Waals surface area (Å²) in [4.78, 5) is 17.3. The second-order valence-corrected chi connectivity index (χ2v) is 9.82. The molecule has 2 atom stereocenters. The number of ether oxygens (including phenoxy) is 1. The molecule has 0 spiro atoms. The maximum Gasteiger partial charge on any atom is 0.277 e. The summed E-state index contributed by atoms with van der Waals surface area (Å²) in [5.74, 6) is 0.294. The minimum atomic E-state index is -0.381. The maximum atomic E-state index is 12.5. The monoisotopic (exact) mass is 494 g/mol. The zero-order chi connectivity index (χ0) is 23.5. The molecule has 0 bridgehead atoms. The standard InChI is InChI=1S/C25H23ClN4O3S/c1-15(23(31)27-14-18-5-4-12-32-18)34-25-30-29-24(33-25)20-13-22(16-8-10-17(26)11-9-16)28-21-7-3-2-6-19(20)21/h2-3,6-11,13,15,18H,4-5,12,14H2,1H3,(H,27,31)/t15-,18-/m0/s1. The van der Waals surface area contributed by atoms with Crippen LogP contribution in [0.5, 0.6) is 0 Å². The van der Waals surface area contributed by atoms with Crippen molar-refractivity contribution in [3.05, 3.63) is 59.6 Å². The number of nitrogens with zero attached hydrogens (tertiary/aromatic N) is 3. The molecule has 174 valence electrons. The van der Waals surface area contributed by atoms with Gasteiger partial charge < -0.3 is 14.5 Å². The van der Waals surface area contributed by atoms with E-state index in [1.54, 1.807) is 0 Å². The van der Waals surface area contributed by atoms with Crippen LogP contribution in [0.3, 0.4) is 0 Å². The molecule has 2 aromatic heterocycles. The van der Waals surface area contributed by atoms with Gasteiger partial charge in [-0.25, -0.2) is 4.98 Å². The topological polar surface area (TPSA) is 90.1 Å². The van der Waals surface area contributed by atoms with Crippen molar-refractivity contribution >= 4 is 40.2 Å². The van der Waals surface area contributed by atoms with E-state index in [0.29, 0.717) is 22.7 Å². The van der Waals surface area contributed by atoms with Gasteiger partial charge in [-0.1, -0.05) is 53.7 Å². The lowest BCUT2D eigenvalue weighted by Crippen LogP contribution is -2.36. The summed E-state index contributed by atoms with van der Waals surface area (Å²) in [7, 11) is 0. The number of thioether (sulfide) groups is 1. The van der Waals surface area contributed by atoms with Crippen LogP contribution in [0.1, 0.15) is 19.8 Å². The van der Waals surface area contributed by atoms with E-state index in [2.05, 4.69) is 15.5 Å². The molecule has 0 unspecified atom stereocenters. The minimum absolute atomic E-state index is 0.0837. The zero-order valence-corrected chi connectivity index (χ0v) is 20.1. The van der Waals surface area contributed by atoms with Crippen molar-refractivity contribution in [2.45, 2.75) is 36.3 Å². The van der Waals surface area contributed by atoms with E-state index in [4.69, 9.17) is 25.7 Å². The number of nitrogens with one attached hydrogen (secondary N) is 1. The first-order valence-corrected chi connectivity index (χ1v) is 12.4. The number of benzene rings is 2. The molecule has 5 rings (SSSR count). The van der Waals surface area contributed by atoms with Gasteiger partial charge in [-0.3, -0.25) is 4.79 Å². The van der Waals surface area contributed by atoms with Crippen molar-refractivity contribution in [3.8, 4) is 22.7 Å². The fourth-order valence-electron chi connectivity index (χ4n) is 3.86. The van der Waals surface area contributed by atoms with Gasteiger partial charge in [0.2, 0.25) is 11.8 Å². The molecule has 3 heterocycles. The van der Waals surface area contributed by atoms with Crippen LogP contribution in [0.15, 0.2) is 64.2 Å². The van der Waals surface area contributed by atoms with E-state index in [9.17, 15) is 4.79 Å². The third-order valence-corrected chi connectivity index (χ3v) is 6.85. The number of aromatic nitrogens is 3. The third-order valence-electron chi connectivity index (χ3n) is 5.67. The van der Waals surface area contributed by atoms with E-state index in [1.165, 1.54) is 11.8 Å². The summed E-state index contributed by atoms with van der Waals surface area (Å²) < 4.78 is 11.5. The second kappa shape index (κ2) is 10.1. The molecule has 1 fully saturated rings. The fourth-order valence-corrected chi connectivity index (χ4v) is 4.69. The number of fused-ring (bicyclic) bond motifs is 1. The predicted octanol–water partition coefficient (Wildman–Crippen LogP) is 5.38. The van der Waals surface area contributed by atoms with Crippen LogP contribution in [0.2, 0.25) is 5.02 Å². The molecular formula is C25H23ClN4O3S. The fraction of sp³-hybridized carbons (Fsp3) is 0.280. The molecule has 0 aliphatic carbocycles. The van der Waals surface area contributed by atoms with Crippen molar-refractivity contribution in [3.63, 3.8) is 0 Å². The Morgan fingerprint density at radius 2 is 2.03 bits per heavy atom. The highest BCUT2D eigenvalue weighted by molar-refractivity contribution is 8.00. The van der Waals surface area contributed by atoms with Gasteiger partial charge in [0.1, 0.15) is 0 Å². The van der Waals surface area contributed by atoms with Crippen molar-refractivity contribution in [2.24, 2.45) is 0 Å². The summed E-state index contributed by atoms with van der Waals surface area (Å²) in [6.45, 7) is 3.11. The molecule has 4 aromatic rings. The predicted molar refractivity (Wildman–Crippen MR) is 133 cm³/mol. The van der Waals surface area contributed by atoms with Crippen LogP contribution in [0.4, 0.5) is 0 Å². The number of pyridine rings is 1. The molecule has 0 saturated carbocycles. The number of carbonyl (C=O) groups is 1. The van der Waals surface area contributed by atoms with Gasteiger partial charge in [0.15, 0.2) is 0 Å². The van der Waals surface area contributed by atoms with E-state index in [0.717, 1.165) is 47.2 Å². The Hall–Kier alpha value is -2.94. The third kappa shape index (κ3) is 5.09. The van der Waals surface area contributed by atoms with Crippen LogP contribution < -0.4 is 5.32 Å². The average molecular weight is 495 g/mol. The highest BCUT2D eigenvalue weighted by Crippen LogP contribution is 2.33. The highest BCUT2D eigenvalue weighted by Gasteiger charge is 2.22. The number of hydrogen-bond acceptors (Lipinski definition) is 7. The average Bonchev–Trinajstić information content (AvgIpc) is 3.54. The van der Waals surface area contributed by atoms with Crippen molar-refractivity contribution < 1.29 is 13.9 Å². The van der Waals surface area contributed by atoms with Crippen molar-refractivity contribution in [1.82, 2.24) is 20.5 Å². The first kappa shape index (κ1) is 22.8. The van der Waals surface area contributed by atoms with Crippen LogP contribution in [-0.2, 0) is 9.53 Å². The molecule has 2 aromatic carbocycles. The van der Waals surface area contributed by atoms with Gasteiger partial charge >= 0.3 is 0 Å². The number of hydrogen-bond donors (Lipinski definition) is 1. The molecule has 9 heteroatoms. The Balaban J connectivity index is 1.37. The first-order valence-electron chi connectivity index (χ1n) is 11.1. The van der Waals surface area contributed by atoms with Crippen LogP contribution >= 0.6 is 23.4 Å². The molecule has 1 aliphatic rings. The minimum Gasteiger partial charge on any atom is -0.411 e. The van der Waals surface area contributed by atoms with Crippen molar-refractivity contribution in [1.29, 1.82) is 0 Å². The van der Waals surface area contributed by atoms with Gasteiger partial charge in [-0.2, -0.15) is 0 Å². The van der Waals surface area contributed by atoms with Crippen molar-refractivity contribution in [2.75, 3.05) is 13.2 Å². The summed E-state index contributed by atoms with van der Waals surface area (Å²) >= 11 is 7.28. The van der Waals surface area contributed by atoms with Gasteiger partial charge in [0.05, 0.1) is 28.1 Å². The quantitative estimate of drug-likeness (QED) is 0.345. The van der Waals surface area contributed by atoms with Gasteiger partial charge in [0.25, 0.3) is 5.22 Å². The Morgan fingerprint density at radius 3 is 2.82 bits per heavy atom. The molecule has 7 nitrogen and oxygen atoms in total. The van der Waals surface area contributed by atoms with Crippen LogP contribution in [0.25, 0.3) is 33.6 Å². The highest BCUT2D eigenvalue weighted by atomic mass is 35.5. The Morgan fingerprint density at radius 1 is 1.21 bits per heavy atom. The summed E-state index contributed by atoms with van der Waals surface area (Å²) in [6.07, 6.45) is 2.12. The molecule has 0 radical (unpaired) electrons. The lowest BCUT2D eigenvalue weighted by Gasteiger charge is -2.13. The summed E-state index contributed by atoms with van der Waals surface area (Å²) in [5.41, 5.74) is 3.31. The van der Waals surface area contributed by atoms with E-state index >= 15 is 0 Å². The number of carbonyl (C=O) groups excluding carboxylic acids is 1. The van der Waals surface area contributed by atoms with E-state index in [-0.39, 0.29) is 17.3 Å². The molecule has 1 aliphatic heterocycles. The number of halogens is 1. The SMILES string of the molecule is C[C@H](Sc1nnc(-c2cc(-c3ccc(Cl)cc3)nc3ccccc23)o1)C(=O)NC[C@@H]1CCCO1. The number of rotatable bonds is 7. The lowest BCUT2D eigenvalue weighted by atomic mass is 10.0. The van der Waals surface area contributed by atoms with E-state index in [1.807, 2.05) is 61.5 Å². The summed E-state index contributed by atoms with van der Waals surface area (Å²) in [5, 5.41) is 12.9. The maximum absolute atomic E-state index is 12.5. The summed E-state index contributed by atoms with van der Waals surface area (Å²) in [6, 6.07) is 17.3. The molecule has 1 amide bonds. The lowest BCUT2D eigenvalue weighted by molar-refractivity contribution is -0.120. The second-order valence-electron chi connectivity index (χ2n) is 8.09. The normalized spacial score (nSPS) is 16.6. The number of amides is 1. The van der Waals surface area contributed by atoms with E-state index < -0.39 is 0 Å². The van der Waals surface area contributed by atoms with Gasteiger partial charge in [0, 0.05) is 29.1 Å². The molecule has 1 saturated heterocycles. The Bertz CT molecular complexity index is 1310. The number of para-hydroxylation sites is 1. The van der Waals surface area contributed by atoms with Gasteiger partial charge in [-0.15, -0.1) is 10.2 Å². The largest absolute Gasteiger partial charge is 0.411 e.